The maximum atomic E-state index is 13.5. The monoisotopic (exact) mass is 501 g/mol. The molecule has 0 spiro atoms. The summed E-state index contributed by atoms with van der Waals surface area (Å²) in [5, 5.41) is 1.12. The van der Waals surface area contributed by atoms with E-state index in [4.69, 9.17) is 4.74 Å². The van der Waals surface area contributed by atoms with Gasteiger partial charge >= 0.3 is 0 Å². The molecule has 0 radical (unpaired) electrons. The highest BCUT2D eigenvalue weighted by Crippen LogP contribution is 2.19. The van der Waals surface area contributed by atoms with Crippen molar-refractivity contribution in [3.63, 3.8) is 0 Å². The van der Waals surface area contributed by atoms with Gasteiger partial charge in [0.2, 0.25) is 5.91 Å². The average Bonchev–Trinajstić information content (AvgIpc) is 3.34. The molecule has 1 heterocycles. The fraction of sp³-hybridized carbons (Fsp3) is 0.267. The third-order valence-corrected chi connectivity index (χ3v) is 6.24. The van der Waals surface area contributed by atoms with Crippen LogP contribution < -0.4 is 4.74 Å². The van der Waals surface area contributed by atoms with E-state index in [-0.39, 0.29) is 30.8 Å². The van der Waals surface area contributed by atoms with Gasteiger partial charge in [0, 0.05) is 36.7 Å². The Kier molecular flexibility index (Phi) is 8.92. The molecule has 0 aliphatic heterocycles. The van der Waals surface area contributed by atoms with Crippen molar-refractivity contribution in [3.8, 4) is 5.75 Å². The van der Waals surface area contributed by atoms with Crippen LogP contribution >= 0.6 is 0 Å². The molecule has 7 heteroatoms. The van der Waals surface area contributed by atoms with Crippen molar-refractivity contribution in [2.45, 2.75) is 26.3 Å². The SMILES string of the molecule is CCCN(CC(=O)N(CCc1c[nH]c2ccccc12)Cc1ccc(F)cc1)C(=O)COc1ccccc1. The van der Waals surface area contributed by atoms with E-state index in [1.54, 1.807) is 34.1 Å². The molecule has 6 nitrogen and oxygen atoms in total. The van der Waals surface area contributed by atoms with Crippen LogP contribution in [0.4, 0.5) is 4.39 Å². The van der Waals surface area contributed by atoms with Gasteiger partial charge in [-0.1, -0.05) is 55.5 Å². The van der Waals surface area contributed by atoms with Crippen LogP contribution in [0, 0.1) is 5.82 Å². The molecule has 1 aromatic heterocycles. The highest BCUT2D eigenvalue weighted by atomic mass is 19.1. The largest absolute Gasteiger partial charge is 0.484 e. The molecule has 4 aromatic rings. The van der Waals surface area contributed by atoms with Crippen LogP contribution in [0.3, 0.4) is 0 Å². The number of para-hydroxylation sites is 2. The molecular weight excluding hydrogens is 469 g/mol. The number of fused-ring (bicyclic) bond motifs is 1. The summed E-state index contributed by atoms with van der Waals surface area (Å²) in [5.41, 5.74) is 2.99. The van der Waals surface area contributed by atoms with E-state index in [9.17, 15) is 14.0 Å². The summed E-state index contributed by atoms with van der Waals surface area (Å²) in [7, 11) is 0. The Morgan fingerprint density at radius 2 is 1.59 bits per heavy atom. The number of hydrogen-bond donors (Lipinski definition) is 1. The van der Waals surface area contributed by atoms with Crippen LogP contribution in [-0.2, 0) is 22.6 Å². The van der Waals surface area contributed by atoms with Gasteiger partial charge in [0.1, 0.15) is 11.6 Å². The second-order valence-electron chi connectivity index (χ2n) is 8.97. The summed E-state index contributed by atoms with van der Waals surface area (Å²) in [6, 6.07) is 23.3. The van der Waals surface area contributed by atoms with E-state index in [0.717, 1.165) is 28.5 Å². The van der Waals surface area contributed by atoms with Gasteiger partial charge in [-0.25, -0.2) is 4.39 Å². The maximum Gasteiger partial charge on any atom is 0.260 e. The lowest BCUT2D eigenvalue weighted by Crippen LogP contribution is -2.45. The maximum absolute atomic E-state index is 13.5. The molecule has 0 atom stereocenters. The Morgan fingerprint density at radius 1 is 0.865 bits per heavy atom. The molecule has 0 saturated heterocycles. The standard InChI is InChI=1S/C30H32FN3O3/c1-2-17-33(30(36)22-37-26-8-4-3-5-9-26)21-29(35)34(20-23-12-14-25(31)15-13-23)18-16-24-19-32-28-11-7-6-10-27(24)28/h3-15,19,32H,2,16-18,20-22H2,1H3. The molecule has 0 bridgehead atoms. The lowest BCUT2D eigenvalue weighted by atomic mass is 10.1. The topological polar surface area (TPSA) is 65.6 Å². The zero-order valence-corrected chi connectivity index (χ0v) is 21.0. The number of carbonyl (C=O) groups excluding carboxylic acids is 2. The van der Waals surface area contributed by atoms with Gasteiger partial charge in [-0.15, -0.1) is 0 Å². The zero-order valence-electron chi connectivity index (χ0n) is 21.0. The minimum atomic E-state index is -0.321. The number of halogens is 1. The number of amides is 2. The number of nitrogens with zero attached hydrogens (tertiary/aromatic N) is 2. The highest BCUT2D eigenvalue weighted by molar-refractivity contribution is 5.86. The summed E-state index contributed by atoms with van der Waals surface area (Å²) >= 11 is 0. The lowest BCUT2D eigenvalue weighted by Gasteiger charge is -2.28. The molecule has 0 saturated carbocycles. The molecule has 192 valence electrons. The normalized spacial score (nSPS) is 10.9. The van der Waals surface area contributed by atoms with Crippen LogP contribution in [0.15, 0.2) is 85.1 Å². The Hall–Kier alpha value is -4.13. The van der Waals surface area contributed by atoms with Gasteiger partial charge in [-0.2, -0.15) is 0 Å². The number of H-pyrrole nitrogens is 1. The molecule has 37 heavy (non-hydrogen) atoms. The number of carbonyl (C=O) groups is 2. The molecule has 0 aliphatic rings. The van der Waals surface area contributed by atoms with Crippen LogP contribution in [0.2, 0.25) is 0 Å². The van der Waals surface area contributed by atoms with Gasteiger partial charge in [0.05, 0.1) is 6.54 Å². The van der Waals surface area contributed by atoms with Crippen LogP contribution in [0.5, 0.6) is 5.75 Å². The average molecular weight is 502 g/mol. The third kappa shape index (κ3) is 7.19. The van der Waals surface area contributed by atoms with E-state index in [0.29, 0.717) is 31.8 Å². The minimum absolute atomic E-state index is 0.0418. The minimum Gasteiger partial charge on any atom is -0.484 e. The summed E-state index contributed by atoms with van der Waals surface area (Å²) < 4.78 is 19.1. The first-order chi connectivity index (χ1) is 18.0. The number of aromatic nitrogens is 1. The van der Waals surface area contributed by atoms with E-state index >= 15 is 0 Å². The first-order valence-corrected chi connectivity index (χ1v) is 12.6. The molecule has 0 fully saturated rings. The van der Waals surface area contributed by atoms with Crippen molar-refractivity contribution in [3.05, 3.63) is 102 Å². The molecule has 4 rings (SSSR count). The number of rotatable bonds is 12. The Balaban J connectivity index is 1.46. The third-order valence-electron chi connectivity index (χ3n) is 6.24. The lowest BCUT2D eigenvalue weighted by molar-refractivity contribution is -0.142. The number of hydrogen-bond acceptors (Lipinski definition) is 3. The molecule has 0 unspecified atom stereocenters. The molecular formula is C30H32FN3O3. The fourth-order valence-electron chi connectivity index (χ4n) is 4.27. The number of benzene rings is 3. The van der Waals surface area contributed by atoms with E-state index in [2.05, 4.69) is 11.1 Å². The van der Waals surface area contributed by atoms with Crippen molar-refractivity contribution in [1.29, 1.82) is 0 Å². The second-order valence-corrected chi connectivity index (χ2v) is 8.97. The summed E-state index contributed by atoms with van der Waals surface area (Å²) in [6.45, 7) is 3.04. The smallest absolute Gasteiger partial charge is 0.260 e. The van der Waals surface area contributed by atoms with E-state index in [1.165, 1.54) is 12.1 Å². The number of ether oxygens (including phenoxy) is 1. The van der Waals surface area contributed by atoms with E-state index < -0.39 is 0 Å². The Morgan fingerprint density at radius 3 is 2.35 bits per heavy atom. The van der Waals surface area contributed by atoms with Crippen molar-refractivity contribution in [1.82, 2.24) is 14.8 Å². The fourth-order valence-corrected chi connectivity index (χ4v) is 4.27. The second kappa shape index (κ2) is 12.7. The van der Waals surface area contributed by atoms with Crippen LogP contribution in [0.25, 0.3) is 10.9 Å². The van der Waals surface area contributed by atoms with Crippen molar-refractivity contribution >= 4 is 22.7 Å². The van der Waals surface area contributed by atoms with E-state index in [1.807, 2.05) is 49.5 Å². The van der Waals surface area contributed by atoms with Gasteiger partial charge in [0.25, 0.3) is 5.91 Å². The zero-order chi connectivity index (χ0) is 26.0. The molecule has 1 N–H and O–H groups in total. The highest BCUT2D eigenvalue weighted by Gasteiger charge is 2.22. The van der Waals surface area contributed by atoms with Crippen LogP contribution in [0.1, 0.15) is 24.5 Å². The van der Waals surface area contributed by atoms with Crippen LogP contribution in [-0.4, -0.2) is 52.8 Å². The summed E-state index contributed by atoms with van der Waals surface area (Å²) in [4.78, 5) is 33.0. The van der Waals surface area contributed by atoms with Gasteiger partial charge < -0.3 is 19.5 Å². The summed E-state index contributed by atoms with van der Waals surface area (Å²) in [6.07, 6.45) is 3.34. The van der Waals surface area contributed by atoms with Gasteiger partial charge in [0.15, 0.2) is 6.61 Å². The number of nitrogens with one attached hydrogen (secondary N) is 1. The predicted molar refractivity (Wildman–Crippen MR) is 143 cm³/mol. The predicted octanol–water partition coefficient (Wildman–Crippen LogP) is 5.20. The first-order valence-electron chi connectivity index (χ1n) is 12.6. The molecule has 2 amide bonds. The Bertz CT molecular complexity index is 1300. The summed E-state index contributed by atoms with van der Waals surface area (Å²) in [5.74, 6) is -0.114. The van der Waals surface area contributed by atoms with Crippen molar-refractivity contribution < 1.29 is 18.7 Å². The molecule has 3 aromatic carbocycles. The quantitative estimate of drug-likeness (QED) is 0.290. The van der Waals surface area contributed by atoms with Gasteiger partial charge in [-0.05, 0) is 54.3 Å². The Labute approximate surface area is 216 Å². The number of aromatic amines is 1. The van der Waals surface area contributed by atoms with Crippen molar-refractivity contribution in [2.75, 3.05) is 26.2 Å². The molecule has 0 aliphatic carbocycles. The van der Waals surface area contributed by atoms with Crippen molar-refractivity contribution in [2.24, 2.45) is 0 Å². The first kappa shape index (κ1) is 25.9. The van der Waals surface area contributed by atoms with Gasteiger partial charge in [-0.3, -0.25) is 9.59 Å².